The van der Waals surface area contributed by atoms with Crippen molar-refractivity contribution in [3.63, 3.8) is 0 Å². The lowest BCUT2D eigenvalue weighted by atomic mass is 10.1. The monoisotopic (exact) mass is 474 g/mol. The van der Waals surface area contributed by atoms with Crippen molar-refractivity contribution in [2.24, 2.45) is 5.10 Å². The molecule has 0 spiro atoms. The number of unbranched alkanes of at least 4 members (excludes halogenated alkanes) is 11. The molecule has 6 heteroatoms. The van der Waals surface area contributed by atoms with E-state index in [2.05, 4.69) is 34.4 Å². The molecule has 0 bridgehead atoms. The van der Waals surface area contributed by atoms with Gasteiger partial charge in [0, 0.05) is 11.4 Å². The standard InChI is InChI=1S/C26H39ClN4S/c1-2-3-4-5-6-7-8-9-10-11-12-13-14-15-16-17-25-29-30-26(32)31(25)28-22-23-18-20-24(27)21-19-23/h9-10,18-22H,2-8,11-17H2,1H3,(H,30,32). The summed E-state index contributed by atoms with van der Waals surface area (Å²) in [5.41, 5.74) is 0.976. The average molecular weight is 475 g/mol. The van der Waals surface area contributed by atoms with Gasteiger partial charge in [-0.2, -0.15) is 14.9 Å². The van der Waals surface area contributed by atoms with Crippen molar-refractivity contribution in [2.75, 3.05) is 0 Å². The van der Waals surface area contributed by atoms with Crippen LogP contribution in [0.15, 0.2) is 41.5 Å². The molecular formula is C26H39ClN4S. The lowest BCUT2D eigenvalue weighted by Gasteiger charge is -2.02. The third-order valence-corrected chi connectivity index (χ3v) is 6.09. The second-order valence-electron chi connectivity index (χ2n) is 8.39. The Morgan fingerprint density at radius 3 is 2.16 bits per heavy atom. The number of nitrogens with one attached hydrogen (secondary N) is 1. The molecular weight excluding hydrogens is 436 g/mol. The molecule has 1 aromatic carbocycles. The Kier molecular flexibility index (Phi) is 14.0. The number of allylic oxidation sites excluding steroid dienone is 2. The summed E-state index contributed by atoms with van der Waals surface area (Å²) >= 11 is 11.3. The van der Waals surface area contributed by atoms with Crippen LogP contribution in [0.2, 0.25) is 5.02 Å². The van der Waals surface area contributed by atoms with Crippen LogP contribution >= 0.6 is 23.8 Å². The van der Waals surface area contributed by atoms with Crippen LogP contribution in [0.3, 0.4) is 0 Å². The maximum atomic E-state index is 5.93. The number of aryl methyl sites for hydroxylation is 1. The van der Waals surface area contributed by atoms with Crippen molar-refractivity contribution >= 4 is 30.0 Å². The molecule has 0 aliphatic carbocycles. The first kappa shape index (κ1) is 26.5. The molecule has 176 valence electrons. The Hall–Kier alpha value is -1.72. The predicted octanol–water partition coefficient (Wildman–Crippen LogP) is 8.67. The minimum absolute atomic E-state index is 0.526. The van der Waals surface area contributed by atoms with Crippen LogP contribution in [-0.2, 0) is 6.42 Å². The van der Waals surface area contributed by atoms with Gasteiger partial charge in [0.1, 0.15) is 0 Å². The molecule has 1 N–H and O–H groups in total. The molecule has 0 aliphatic heterocycles. The first-order valence-electron chi connectivity index (χ1n) is 12.3. The maximum absolute atomic E-state index is 5.93. The van der Waals surface area contributed by atoms with Gasteiger partial charge in [0.05, 0.1) is 6.21 Å². The number of rotatable bonds is 17. The minimum atomic E-state index is 0.526. The van der Waals surface area contributed by atoms with E-state index in [1.54, 1.807) is 10.9 Å². The van der Waals surface area contributed by atoms with Gasteiger partial charge < -0.3 is 0 Å². The Morgan fingerprint density at radius 2 is 1.50 bits per heavy atom. The van der Waals surface area contributed by atoms with E-state index in [-0.39, 0.29) is 0 Å². The van der Waals surface area contributed by atoms with Crippen molar-refractivity contribution in [2.45, 2.75) is 96.8 Å². The van der Waals surface area contributed by atoms with E-state index in [1.165, 1.54) is 77.0 Å². The van der Waals surface area contributed by atoms with Crippen LogP contribution < -0.4 is 0 Å². The highest BCUT2D eigenvalue weighted by Crippen LogP contribution is 2.12. The van der Waals surface area contributed by atoms with Gasteiger partial charge in [0.25, 0.3) is 0 Å². The van der Waals surface area contributed by atoms with Gasteiger partial charge in [-0.3, -0.25) is 5.10 Å². The van der Waals surface area contributed by atoms with Gasteiger partial charge in [0.15, 0.2) is 5.82 Å². The summed E-state index contributed by atoms with van der Waals surface area (Å²) in [5, 5.41) is 12.4. The molecule has 2 aromatic rings. The van der Waals surface area contributed by atoms with Crippen LogP contribution in [0.4, 0.5) is 0 Å². The maximum Gasteiger partial charge on any atom is 0.216 e. The van der Waals surface area contributed by atoms with E-state index < -0.39 is 0 Å². The molecule has 0 atom stereocenters. The van der Waals surface area contributed by atoms with Crippen LogP contribution in [0.25, 0.3) is 0 Å². The van der Waals surface area contributed by atoms with Crippen LogP contribution in [0, 0.1) is 4.77 Å². The third kappa shape index (κ3) is 11.2. The van der Waals surface area contributed by atoms with Gasteiger partial charge in [-0.05, 0) is 62.0 Å². The van der Waals surface area contributed by atoms with Crippen molar-refractivity contribution in [3.05, 3.63) is 57.6 Å². The summed E-state index contributed by atoms with van der Waals surface area (Å²) in [5.74, 6) is 0.887. The number of nitrogens with zero attached hydrogens (tertiary/aromatic N) is 3. The van der Waals surface area contributed by atoms with E-state index in [0.29, 0.717) is 9.79 Å². The van der Waals surface area contributed by atoms with E-state index in [0.717, 1.165) is 24.2 Å². The zero-order valence-electron chi connectivity index (χ0n) is 19.6. The van der Waals surface area contributed by atoms with Crippen LogP contribution in [0.5, 0.6) is 0 Å². The number of H-pyrrole nitrogens is 1. The highest BCUT2D eigenvalue weighted by Gasteiger charge is 2.04. The normalized spacial score (nSPS) is 11.8. The highest BCUT2D eigenvalue weighted by atomic mass is 35.5. The van der Waals surface area contributed by atoms with Crippen molar-refractivity contribution in [1.82, 2.24) is 14.9 Å². The SMILES string of the molecule is CCCCCCCCC=CCCCCCCCc1n[nH]c(=S)n1N=Cc1ccc(Cl)cc1. The lowest BCUT2D eigenvalue weighted by Crippen LogP contribution is -1.99. The summed E-state index contributed by atoms with van der Waals surface area (Å²) in [6, 6.07) is 7.56. The Labute approximate surface area is 204 Å². The predicted molar refractivity (Wildman–Crippen MR) is 140 cm³/mol. The number of aromatic nitrogens is 3. The van der Waals surface area contributed by atoms with Crippen molar-refractivity contribution < 1.29 is 0 Å². The molecule has 0 amide bonds. The molecule has 0 saturated carbocycles. The van der Waals surface area contributed by atoms with Gasteiger partial charge in [0.2, 0.25) is 4.77 Å². The van der Waals surface area contributed by atoms with Gasteiger partial charge in [-0.15, -0.1) is 0 Å². The second kappa shape index (κ2) is 16.8. The number of hydrogen-bond donors (Lipinski definition) is 1. The molecule has 4 nitrogen and oxygen atoms in total. The first-order chi connectivity index (χ1) is 15.7. The summed E-state index contributed by atoms with van der Waals surface area (Å²) in [4.78, 5) is 0. The minimum Gasteiger partial charge on any atom is -0.250 e. The lowest BCUT2D eigenvalue weighted by molar-refractivity contribution is 0.599. The van der Waals surface area contributed by atoms with E-state index in [4.69, 9.17) is 23.8 Å². The zero-order valence-corrected chi connectivity index (χ0v) is 21.1. The van der Waals surface area contributed by atoms with E-state index in [1.807, 2.05) is 24.3 Å². The van der Waals surface area contributed by atoms with E-state index >= 15 is 0 Å². The second-order valence-corrected chi connectivity index (χ2v) is 9.21. The van der Waals surface area contributed by atoms with Crippen molar-refractivity contribution in [3.8, 4) is 0 Å². The summed E-state index contributed by atoms with van der Waals surface area (Å²) in [6.45, 7) is 2.27. The summed E-state index contributed by atoms with van der Waals surface area (Å²) < 4.78 is 2.25. The Morgan fingerprint density at radius 1 is 0.906 bits per heavy atom. The topological polar surface area (TPSA) is 46.0 Å². The molecule has 2 rings (SSSR count). The largest absolute Gasteiger partial charge is 0.250 e. The molecule has 1 aromatic heterocycles. The fourth-order valence-corrected chi connectivity index (χ4v) is 3.96. The number of hydrogen-bond acceptors (Lipinski definition) is 3. The summed E-state index contributed by atoms with van der Waals surface area (Å²) in [7, 11) is 0. The molecule has 0 radical (unpaired) electrons. The van der Waals surface area contributed by atoms with Crippen LogP contribution in [0.1, 0.15) is 102 Å². The fraction of sp³-hybridized carbons (Fsp3) is 0.577. The molecule has 32 heavy (non-hydrogen) atoms. The molecule has 0 fully saturated rings. The quantitative estimate of drug-likeness (QED) is 0.108. The van der Waals surface area contributed by atoms with Gasteiger partial charge in [-0.1, -0.05) is 94.2 Å². The van der Waals surface area contributed by atoms with Gasteiger partial charge >= 0.3 is 0 Å². The van der Waals surface area contributed by atoms with Crippen molar-refractivity contribution in [1.29, 1.82) is 0 Å². The average Bonchev–Trinajstić information content (AvgIpc) is 3.15. The van der Waals surface area contributed by atoms with Gasteiger partial charge in [-0.25, -0.2) is 0 Å². The number of benzene rings is 1. The van der Waals surface area contributed by atoms with E-state index in [9.17, 15) is 0 Å². The molecule has 1 heterocycles. The molecule has 0 unspecified atom stereocenters. The first-order valence-corrected chi connectivity index (χ1v) is 13.1. The smallest absolute Gasteiger partial charge is 0.216 e. The zero-order chi connectivity index (χ0) is 22.9. The Bertz CT molecular complexity index is 851. The third-order valence-electron chi connectivity index (χ3n) is 5.57. The molecule has 0 saturated heterocycles. The number of aromatic amines is 1. The number of halogens is 1. The molecule has 0 aliphatic rings. The summed E-state index contributed by atoms with van der Waals surface area (Å²) in [6.07, 6.45) is 24.3. The highest BCUT2D eigenvalue weighted by molar-refractivity contribution is 7.71. The Balaban J connectivity index is 1.55. The van der Waals surface area contributed by atoms with Crippen LogP contribution in [-0.4, -0.2) is 21.1 Å². The fourth-order valence-electron chi connectivity index (χ4n) is 3.63.